The summed E-state index contributed by atoms with van der Waals surface area (Å²) in [7, 11) is 0. The van der Waals surface area contributed by atoms with Crippen LogP contribution >= 0.6 is 0 Å². The minimum atomic E-state index is -1.31. The molecule has 41 heavy (non-hydrogen) atoms. The fourth-order valence-electron chi connectivity index (χ4n) is 6.64. The normalized spacial score (nSPS) is 34.7. The molecule has 10 nitrogen and oxygen atoms in total. The Hall–Kier alpha value is -3.50. The molecule has 0 radical (unpaired) electrons. The monoisotopic (exact) mass is 565 g/mol. The Bertz CT molecular complexity index is 1230. The van der Waals surface area contributed by atoms with E-state index in [1.807, 2.05) is 56.3 Å². The number of carbonyl (C=O) groups is 4. The van der Waals surface area contributed by atoms with Gasteiger partial charge in [0, 0.05) is 32.2 Å². The van der Waals surface area contributed by atoms with E-state index in [1.165, 1.54) is 4.90 Å². The van der Waals surface area contributed by atoms with E-state index in [1.54, 1.807) is 24.0 Å². The minimum absolute atomic E-state index is 0.147. The van der Waals surface area contributed by atoms with Gasteiger partial charge in [0.15, 0.2) is 0 Å². The van der Waals surface area contributed by atoms with Crippen LogP contribution in [0.5, 0.6) is 0 Å². The maximum atomic E-state index is 14.2. The number of aliphatic hydroxyl groups is 1. The number of ether oxygens (including phenoxy) is 2. The highest BCUT2D eigenvalue weighted by Crippen LogP contribution is 2.56. The van der Waals surface area contributed by atoms with E-state index in [0.29, 0.717) is 18.5 Å². The lowest BCUT2D eigenvalue weighted by Crippen LogP contribution is -2.57. The van der Waals surface area contributed by atoms with Gasteiger partial charge >= 0.3 is 5.97 Å². The lowest BCUT2D eigenvalue weighted by Gasteiger charge is -2.37. The van der Waals surface area contributed by atoms with Crippen LogP contribution in [0.2, 0.25) is 0 Å². The molecule has 5 rings (SSSR count). The van der Waals surface area contributed by atoms with Crippen LogP contribution in [0.4, 0.5) is 0 Å². The van der Waals surface area contributed by atoms with Gasteiger partial charge in [-0.3, -0.25) is 19.2 Å². The number of benzene rings is 1. The third-order valence-electron chi connectivity index (χ3n) is 8.56. The molecule has 1 aromatic carbocycles. The van der Waals surface area contributed by atoms with Gasteiger partial charge in [-0.25, -0.2) is 0 Å². The van der Waals surface area contributed by atoms with Crippen LogP contribution in [0.3, 0.4) is 0 Å². The maximum absolute atomic E-state index is 14.2. The van der Waals surface area contributed by atoms with E-state index in [4.69, 9.17) is 9.47 Å². The Morgan fingerprint density at radius 1 is 1.10 bits per heavy atom. The number of amides is 3. The molecule has 5 bridgehead atoms. The predicted molar refractivity (Wildman–Crippen MR) is 149 cm³/mol. The summed E-state index contributed by atoms with van der Waals surface area (Å²) in [5.41, 5.74) is -0.603. The molecule has 4 aliphatic heterocycles. The standard InChI is InChI=1S/C31H39N3O7/c1-19(2)33-16-9-5-8-13-23(36)32-20(3)26(21-11-6-4-7-12-21)40-30(39)24-22-14-15-31(41-22)25(24)28(37)34(17-10-18-35)27(31)29(33)38/h4-7,9,11-12,14-15,19-20,22,24-27,35H,8,10,13,16-18H2,1-3H3,(H,32,36)/b9-5-/t20-,22+,24-,25-,26+,27+,31-/m1/s1. The third-order valence-corrected chi connectivity index (χ3v) is 8.56. The average Bonchev–Trinajstić information content (AvgIpc) is 3.59. The van der Waals surface area contributed by atoms with E-state index in [2.05, 4.69) is 5.32 Å². The van der Waals surface area contributed by atoms with Crippen LogP contribution < -0.4 is 5.32 Å². The second-order valence-electron chi connectivity index (χ2n) is 11.5. The molecule has 0 saturated carbocycles. The van der Waals surface area contributed by atoms with Crippen molar-refractivity contribution in [1.29, 1.82) is 0 Å². The van der Waals surface area contributed by atoms with Crippen LogP contribution in [0.15, 0.2) is 54.6 Å². The highest BCUT2D eigenvalue weighted by molar-refractivity contribution is 5.99. The van der Waals surface area contributed by atoms with Crippen LogP contribution in [0, 0.1) is 11.8 Å². The Labute approximate surface area is 240 Å². The molecule has 220 valence electrons. The second-order valence-corrected chi connectivity index (χ2v) is 11.5. The maximum Gasteiger partial charge on any atom is 0.313 e. The molecule has 4 aliphatic rings. The summed E-state index contributed by atoms with van der Waals surface area (Å²) in [6, 6.07) is 7.48. The quantitative estimate of drug-likeness (QED) is 0.413. The molecule has 4 heterocycles. The highest BCUT2D eigenvalue weighted by Gasteiger charge is 2.73. The van der Waals surface area contributed by atoms with E-state index < -0.39 is 47.7 Å². The van der Waals surface area contributed by atoms with Crippen molar-refractivity contribution in [2.75, 3.05) is 19.7 Å². The number of nitrogens with zero attached hydrogens (tertiary/aromatic N) is 2. The summed E-state index contributed by atoms with van der Waals surface area (Å²) in [5, 5.41) is 12.5. The zero-order valence-corrected chi connectivity index (χ0v) is 23.8. The number of aliphatic hydroxyl groups excluding tert-OH is 1. The number of fused-ring (bicyclic) bond motifs is 2. The molecule has 3 amide bonds. The molecule has 2 N–H and O–H groups in total. The summed E-state index contributed by atoms with van der Waals surface area (Å²) >= 11 is 0. The minimum Gasteiger partial charge on any atom is -0.455 e. The number of hydrogen-bond acceptors (Lipinski definition) is 7. The van der Waals surface area contributed by atoms with Crippen molar-refractivity contribution in [3.63, 3.8) is 0 Å². The summed E-state index contributed by atoms with van der Waals surface area (Å²) in [6.45, 7) is 5.90. The van der Waals surface area contributed by atoms with Crippen molar-refractivity contribution >= 4 is 23.7 Å². The molecular weight excluding hydrogens is 526 g/mol. The first-order valence-corrected chi connectivity index (χ1v) is 14.5. The van der Waals surface area contributed by atoms with Crippen molar-refractivity contribution in [2.24, 2.45) is 11.8 Å². The van der Waals surface area contributed by atoms with Gasteiger partial charge in [-0.1, -0.05) is 54.6 Å². The van der Waals surface area contributed by atoms with Crippen LogP contribution in [-0.4, -0.2) is 88.1 Å². The average molecular weight is 566 g/mol. The van der Waals surface area contributed by atoms with Crippen molar-refractivity contribution in [2.45, 2.75) is 76.0 Å². The molecule has 1 spiro atoms. The van der Waals surface area contributed by atoms with E-state index in [-0.39, 0.29) is 49.8 Å². The molecule has 1 aromatic rings. The number of likely N-dealkylation sites (tertiary alicyclic amines) is 1. The number of nitrogens with one attached hydrogen (secondary N) is 1. The van der Waals surface area contributed by atoms with Crippen molar-refractivity contribution < 1.29 is 33.8 Å². The Morgan fingerprint density at radius 2 is 1.85 bits per heavy atom. The Morgan fingerprint density at radius 3 is 2.56 bits per heavy atom. The molecular formula is C31H39N3O7. The van der Waals surface area contributed by atoms with Crippen LogP contribution in [-0.2, 0) is 28.7 Å². The zero-order chi connectivity index (χ0) is 29.3. The molecule has 0 unspecified atom stereocenters. The predicted octanol–water partition coefficient (Wildman–Crippen LogP) is 1.90. The first kappa shape index (κ1) is 29.0. The van der Waals surface area contributed by atoms with Gasteiger partial charge in [-0.15, -0.1) is 0 Å². The fourth-order valence-corrected chi connectivity index (χ4v) is 6.64. The van der Waals surface area contributed by atoms with Gasteiger partial charge < -0.3 is 29.7 Å². The van der Waals surface area contributed by atoms with Crippen LogP contribution in [0.1, 0.15) is 51.7 Å². The summed E-state index contributed by atoms with van der Waals surface area (Å²) in [5.74, 6) is -3.34. The van der Waals surface area contributed by atoms with Crippen LogP contribution in [0.25, 0.3) is 0 Å². The van der Waals surface area contributed by atoms with Gasteiger partial charge in [0.05, 0.1) is 18.1 Å². The Balaban J connectivity index is 1.57. The summed E-state index contributed by atoms with van der Waals surface area (Å²) in [4.78, 5) is 58.2. The van der Waals surface area contributed by atoms with E-state index in [0.717, 1.165) is 0 Å². The lowest BCUT2D eigenvalue weighted by molar-refractivity contribution is -0.161. The first-order valence-electron chi connectivity index (χ1n) is 14.5. The van der Waals surface area contributed by atoms with Gasteiger partial charge in [0.1, 0.15) is 23.7 Å². The van der Waals surface area contributed by atoms with E-state index in [9.17, 15) is 24.3 Å². The molecule has 0 aromatic heterocycles. The first-order chi connectivity index (χ1) is 19.7. The van der Waals surface area contributed by atoms with Crippen molar-refractivity contribution in [3.8, 4) is 0 Å². The third kappa shape index (κ3) is 5.19. The smallest absolute Gasteiger partial charge is 0.313 e. The second kappa shape index (κ2) is 11.8. The topological polar surface area (TPSA) is 125 Å². The van der Waals surface area contributed by atoms with E-state index >= 15 is 0 Å². The number of hydrogen-bond donors (Lipinski definition) is 2. The largest absolute Gasteiger partial charge is 0.455 e. The molecule has 2 saturated heterocycles. The summed E-state index contributed by atoms with van der Waals surface area (Å²) < 4.78 is 12.5. The SMILES string of the molecule is CC(C)N1C/C=C\CCC(=O)N[C@H](C)[C@@H](c2ccccc2)OC(=O)[C@@H]2[C@@H]3C=C[C@]4(O3)[C@H](C1=O)N(CCCO)C(=O)[C@@H]24. The van der Waals surface area contributed by atoms with Gasteiger partial charge in [0.25, 0.3) is 0 Å². The number of rotatable bonds is 5. The number of allylic oxidation sites excluding steroid dienone is 1. The van der Waals surface area contributed by atoms with Crippen molar-refractivity contribution in [1.82, 2.24) is 15.1 Å². The molecule has 0 aliphatic carbocycles. The van der Waals surface area contributed by atoms with Gasteiger partial charge in [0.2, 0.25) is 17.7 Å². The number of esters is 1. The number of carbonyl (C=O) groups excluding carboxylic acids is 4. The van der Waals surface area contributed by atoms with Gasteiger partial charge in [-0.2, -0.15) is 0 Å². The lowest BCUT2D eigenvalue weighted by atomic mass is 9.74. The fraction of sp³-hybridized carbons (Fsp3) is 0.548. The summed E-state index contributed by atoms with van der Waals surface area (Å²) in [6.07, 6.45) is 6.74. The zero-order valence-electron chi connectivity index (χ0n) is 23.8. The number of cyclic esters (lactones) is 1. The van der Waals surface area contributed by atoms with Crippen molar-refractivity contribution in [3.05, 3.63) is 60.2 Å². The molecule has 2 fully saturated rings. The van der Waals surface area contributed by atoms with Gasteiger partial charge in [-0.05, 0) is 39.2 Å². The highest BCUT2D eigenvalue weighted by atomic mass is 16.6. The Kier molecular flexibility index (Phi) is 8.33. The molecule has 10 heteroatoms. The molecule has 7 atom stereocenters.